The number of aryl methyl sites for hydroxylation is 2. The van der Waals surface area contributed by atoms with Gasteiger partial charge in [-0.2, -0.15) is 4.98 Å². The summed E-state index contributed by atoms with van der Waals surface area (Å²) in [7, 11) is 0. The Morgan fingerprint density at radius 2 is 1.68 bits per heavy atom. The van der Waals surface area contributed by atoms with Gasteiger partial charge >= 0.3 is 0 Å². The highest BCUT2D eigenvalue weighted by atomic mass is 35.5. The SMILES string of the molecule is CSc1nc(Cl)cc(Oc2cc(C)c(Cl)c(C)c2)n1. The Kier molecular flexibility index (Phi) is 4.55. The number of halogens is 2. The van der Waals surface area contributed by atoms with E-state index in [1.54, 1.807) is 6.07 Å². The summed E-state index contributed by atoms with van der Waals surface area (Å²) in [4.78, 5) is 8.30. The molecule has 0 bridgehead atoms. The fourth-order valence-electron chi connectivity index (χ4n) is 1.61. The zero-order valence-electron chi connectivity index (χ0n) is 10.7. The fraction of sp³-hybridized carbons (Fsp3) is 0.231. The van der Waals surface area contributed by atoms with Crippen molar-refractivity contribution in [3.63, 3.8) is 0 Å². The second-order valence-electron chi connectivity index (χ2n) is 3.99. The first-order valence-corrected chi connectivity index (χ1v) is 7.51. The molecule has 0 fully saturated rings. The highest BCUT2D eigenvalue weighted by molar-refractivity contribution is 7.98. The number of ether oxygens (including phenoxy) is 1. The summed E-state index contributed by atoms with van der Waals surface area (Å²) in [6.07, 6.45) is 1.88. The van der Waals surface area contributed by atoms with Crippen molar-refractivity contribution in [2.45, 2.75) is 19.0 Å². The largest absolute Gasteiger partial charge is 0.439 e. The van der Waals surface area contributed by atoms with Crippen molar-refractivity contribution in [1.29, 1.82) is 0 Å². The molecule has 0 saturated heterocycles. The van der Waals surface area contributed by atoms with Crippen molar-refractivity contribution in [1.82, 2.24) is 9.97 Å². The molecule has 0 amide bonds. The van der Waals surface area contributed by atoms with E-state index in [1.165, 1.54) is 11.8 Å². The number of thioether (sulfide) groups is 1. The van der Waals surface area contributed by atoms with E-state index < -0.39 is 0 Å². The molecule has 2 rings (SSSR count). The van der Waals surface area contributed by atoms with Gasteiger partial charge in [0, 0.05) is 11.1 Å². The van der Waals surface area contributed by atoms with Gasteiger partial charge in [-0.3, -0.25) is 0 Å². The molecule has 0 unspecified atom stereocenters. The highest BCUT2D eigenvalue weighted by Gasteiger charge is 2.08. The number of nitrogens with zero attached hydrogens (tertiary/aromatic N) is 2. The molecule has 6 heteroatoms. The maximum atomic E-state index is 6.12. The van der Waals surface area contributed by atoms with Crippen LogP contribution in [-0.2, 0) is 0 Å². The molecule has 0 radical (unpaired) electrons. The molecule has 19 heavy (non-hydrogen) atoms. The van der Waals surface area contributed by atoms with Crippen LogP contribution < -0.4 is 4.74 Å². The molecule has 2 aromatic rings. The third-order valence-electron chi connectivity index (χ3n) is 2.47. The zero-order chi connectivity index (χ0) is 14.0. The topological polar surface area (TPSA) is 35.0 Å². The maximum Gasteiger partial charge on any atom is 0.224 e. The fourth-order valence-corrected chi connectivity index (χ4v) is 2.31. The summed E-state index contributed by atoms with van der Waals surface area (Å²) < 4.78 is 5.71. The van der Waals surface area contributed by atoms with Gasteiger partial charge in [-0.15, -0.1) is 0 Å². The molecule has 1 aromatic heterocycles. The number of hydrogen-bond acceptors (Lipinski definition) is 4. The van der Waals surface area contributed by atoms with Crippen LogP contribution in [0.5, 0.6) is 11.6 Å². The smallest absolute Gasteiger partial charge is 0.224 e. The molecule has 0 aliphatic carbocycles. The lowest BCUT2D eigenvalue weighted by Gasteiger charge is -2.09. The van der Waals surface area contributed by atoms with E-state index in [4.69, 9.17) is 27.9 Å². The number of benzene rings is 1. The standard InChI is InChI=1S/C13H12Cl2N2OS/c1-7-4-9(5-8(2)12(7)15)18-11-6-10(14)16-13(17-11)19-3/h4-6H,1-3H3. The summed E-state index contributed by atoms with van der Waals surface area (Å²) in [5.74, 6) is 1.10. The van der Waals surface area contributed by atoms with E-state index in [-0.39, 0.29) is 0 Å². The van der Waals surface area contributed by atoms with Crippen LogP contribution in [0, 0.1) is 13.8 Å². The van der Waals surface area contributed by atoms with Crippen LogP contribution in [0.15, 0.2) is 23.4 Å². The molecule has 3 nitrogen and oxygen atoms in total. The van der Waals surface area contributed by atoms with Crippen molar-refractivity contribution in [2.75, 3.05) is 6.26 Å². The minimum Gasteiger partial charge on any atom is -0.439 e. The van der Waals surface area contributed by atoms with Crippen LogP contribution in [0.1, 0.15) is 11.1 Å². The number of rotatable bonds is 3. The second-order valence-corrected chi connectivity index (χ2v) is 5.53. The predicted octanol–water partition coefficient (Wildman–Crippen LogP) is 4.91. The Bertz CT molecular complexity index is 597. The van der Waals surface area contributed by atoms with E-state index in [0.29, 0.717) is 21.9 Å². The molecule has 0 aliphatic heterocycles. The van der Waals surface area contributed by atoms with Crippen molar-refractivity contribution in [2.24, 2.45) is 0 Å². The van der Waals surface area contributed by atoms with E-state index in [1.807, 2.05) is 32.2 Å². The Morgan fingerprint density at radius 3 is 2.26 bits per heavy atom. The Morgan fingerprint density at radius 1 is 1.05 bits per heavy atom. The predicted molar refractivity (Wildman–Crippen MR) is 79.8 cm³/mol. The van der Waals surface area contributed by atoms with Gasteiger partial charge in [0.1, 0.15) is 10.9 Å². The van der Waals surface area contributed by atoms with Gasteiger partial charge in [0.2, 0.25) is 5.88 Å². The van der Waals surface area contributed by atoms with E-state index >= 15 is 0 Å². The molecule has 0 N–H and O–H groups in total. The lowest BCUT2D eigenvalue weighted by molar-refractivity contribution is 0.455. The van der Waals surface area contributed by atoms with Crippen LogP contribution in [0.2, 0.25) is 10.2 Å². The van der Waals surface area contributed by atoms with Crippen molar-refractivity contribution < 1.29 is 4.74 Å². The maximum absolute atomic E-state index is 6.12. The third kappa shape index (κ3) is 3.53. The Balaban J connectivity index is 2.33. The minimum absolute atomic E-state index is 0.358. The van der Waals surface area contributed by atoms with E-state index in [0.717, 1.165) is 16.1 Å². The summed E-state index contributed by atoms with van der Waals surface area (Å²) in [6, 6.07) is 5.31. The molecule has 0 spiro atoms. The van der Waals surface area contributed by atoms with Gasteiger partial charge in [-0.25, -0.2) is 4.98 Å². The molecule has 100 valence electrons. The normalized spacial score (nSPS) is 10.6. The van der Waals surface area contributed by atoms with Crippen LogP contribution in [0.25, 0.3) is 0 Å². The summed E-state index contributed by atoms with van der Waals surface area (Å²) >= 11 is 13.4. The molecular weight excluding hydrogens is 303 g/mol. The first-order valence-electron chi connectivity index (χ1n) is 5.53. The molecule has 0 saturated carbocycles. The van der Waals surface area contributed by atoms with Crippen LogP contribution in [0.3, 0.4) is 0 Å². The van der Waals surface area contributed by atoms with Crippen molar-refractivity contribution in [3.05, 3.63) is 39.5 Å². The average molecular weight is 315 g/mol. The Labute approximate surface area is 126 Å². The molecule has 1 aromatic carbocycles. The van der Waals surface area contributed by atoms with Crippen LogP contribution in [-0.4, -0.2) is 16.2 Å². The van der Waals surface area contributed by atoms with Crippen molar-refractivity contribution in [3.8, 4) is 11.6 Å². The number of hydrogen-bond donors (Lipinski definition) is 0. The summed E-state index contributed by atoms with van der Waals surface area (Å²) in [5, 5.41) is 1.68. The summed E-state index contributed by atoms with van der Waals surface area (Å²) in [6.45, 7) is 3.87. The van der Waals surface area contributed by atoms with Gasteiger partial charge in [0.15, 0.2) is 5.16 Å². The van der Waals surface area contributed by atoms with E-state index in [9.17, 15) is 0 Å². The van der Waals surface area contributed by atoms with Gasteiger partial charge in [0.05, 0.1) is 0 Å². The van der Waals surface area contributed by atoms with Crippen LogP contribution in [0.4, 0.5) is 0 Å². The van der Waals surface area contributed by atoms with Gasteiger partial charge in [-0.1, -0.05) is 35.0 Å². The monoisotopic (exact) mass is 314 g/mol. The first-order chi connectivity index (χ1) is 8.99. The van der Waals surface area contributed by atoms with E-state index in [2.05, 4.69) is 9.97 Å². The lowest BCUT2D eigenvalue weighted by atomic mass is 10.1. The molecule has 1 heterocycles. The van der Waals surface area contributed by atoms with Gasteiger partial charge in [0.25, 0.3) is 0 Å². The lowest BCUT2D eigenvalue weighted by Crippen LogP contribution is -1.94. The zero-order valence-corrected chi connectivity index (χ0v) is 13.0. The van der Waals surface area contributed by atoms with Crippen LogP contribution >= 0.6 is 35.0 Å². The van der Waals surface area contributed by atoms with Gasteiger partial charge < -0.3 is 4.74 Å². The average Bonchev–Trinajstić information content (AvgIpc) is 2.35. The molecule has 0 atom stereocenters. The summed E-state index contributed by atoms with van der Waals surface area (Å²) in [5.41, 5.74) is 1.92. The van der Waals surface area contributed by atoms with Crippen molar-refractivity contribution >= 4 is 35.0 Å². The Hall–Kier alpha value is -0.970. The third-order valence-corrected chi connectivity index (χ3v) is 3.80. The number of aromatic nitrogens is 2. The highest BCUT2D eigenvalue weighted by Crippen LogP contribution is 2.29. The quantitative estimate of drug-likeness (QED) is 0.458. The minimum atomic E-state index is 0.358. The molecular formula is C13H12Cl2N2OS. The second kappa shape index (κ2) is 5.99. The first kappa shape index (κ1) is 14.4. The molecule has 0 aliphatic rings. The van der Waals surface area contributed by atoms with Gasteiger partial charge in [-0.05, 0) is 43.4 Å².